The van der Waals surface area contributed by atoms with Crippen LogP contribution in [0.25, 0.3) is 0 Å². The summed E-state index contributed by atoms with van der Waals surface area (Å²) in [6.45, 7) is 11.4. The number of para-hydroxylation sites is 2. The molecule has 0 radical (unpaired) electrons. The molecule has 180 valence electrons. The summed E-state index contributed by atoms with van der Waals surface area (Å²) in [4.78, 5) is 2.10. The predicted octanol–water partition coefficient (Wildman–Crippen LogP) is 7.92. The predicted molar refractivity (Wildman–Crippen MR) is 141 cm³/mol. The SMILES string of the molecule is Cc1cc(N(c2cc(C)c(O)cc2C)c2ccccc2Oc2ccc(O)c(C)c2C)c(C)cc1O. The molecule has 0 aromatic heterocycles. The quantitative estimate of drug-likeness (QED) is 0.277. The molecule has 5 heteroatoms. The van der Waals surface area contributed by atoms with Gasteiger partial charge in [0, 0.05) is 11.4 Å². The number of benzene rings is 4. The molecule has 0 heterocycles. The Hall–Kier alpha value is -4.12. The molecule has 0 saturated carbocycles. The lowest BCUT2D eigenvalue weighted by atomic mass is 10.0. The highest BCUT2D eigenvalue weighted by atomic mass is 16.5. The van der Waals surface area contributed by atoms with Gasteiger partial charge in [0.2, 0.25) is 0 Å². The van der Waals surface area contributed by atoms with E-state index in [1.807, 2.05) is 77.9 Å². The van der Waals surface area contributed by atoms with Crippen LogP contribution in [-0.2, 0) is 0 Å². The first-order valence-corrected chi connectivity index (χ1v) is 11.5. The van der Waals surface area contributed by atoms with Crippen molar-refractivity contribution in [1.82, 2.24) is 0 Å². The van der Waals surface area contributed by atoms with Crippen LogP contribution in [-0.4, -0.2) is 15.3 Å². The van der Waals surface area contributed by atoms with Gasteiger partial charge in [-0.1, -0.05) is 12.1 Å². The van der Waals surface area contributed by atoms with Crippen LogP contribution >= 0.6 is 0 Å². The van der Waals surface area contributed by atoms with Crippen LogP contribution in [0.2, 0.25) is 0 Å². The Morgan fingerprint density at radius 3 is 1.63 bits per heavy atom. The summed E-state index contributed by atoms with van der Waals surface area (Å²) in [6, 6.07) is 18.6. The third-order valence-corrected chi connectivity index (χ3v) is 6.55. The van der Waals surface area contributed by atoms with E-state index in [0.717, 1.165) is 50.4 Å². The molecule has 0 aliphatic carbocycles. The lowest BCUT2D eigenvalue weighted by molar-refractivity contribution is 0.458. The minimum absolute atomic E-state index is 0.232. The van der Waals surface area contributed by atoms with Gasteiger partial charge in [0.25, 0.3) is 0 Å². The van der Waals surface area contributed by atoms with Crippen molar-refractivity contribution in [3.63, 3.8) is 0 Å². The summed E-state index contributed by atoms with van der Waals surface area (Å²) in [5.74, 6) is 2.00. The molecular formula is C30H31NO4. The maximum absolute atomic E-state index is 10.3. The molecule has 4 rings (SSSR count). The molecule has 3 N–H and O–H groups in total. The smallest absolute Gasteiger partial charge is 0.151 e. The Morgan fingerprint density at radius 2 is 1.06 bits per heavy atom. The molecule has 0 fully saturated rings. The Bertz CT molecular complexity index is 1370. The monoisotopic (exact) mass is 469 g/mol. The summed E-state index contributed by atoms with van der Waals surface area (Å²) in [6.07, 6.45) is 0. The molecule has 0 aliphatic rings. The van der Waals surface area contributed by atoms with E-state index < -0.39 is 0 Å². The van der Waals surface area contributed by atoms with Crippen LogP contribution in [0, 0.1) is 41.5 Å². The van der Waals surface area contributed by atoms with Gasteiger partial charge >= 0.3 is 0 Å². The van der Waals surface area contributed by atoms with Gasteiger partial charge in [0.15, 0.2) is 5.75 Å². The summed E-state index contributed by atoms with van der Waals surface area (Å²) in [5.41, 5.74) is 7.52. The molecule has 0 aliphatic heterocycles. The molecule has 0 spiro atoms. The van der Waals surface area contributed by atoms with Gasteiger partial charge in [-0.25, -0.2) is 0 Å². The Balaban J connectivity index is 1.96. The second-order valence-corrected chi connectivity index (χ2v) is 9.09. The van der Waals surface area contributed by atoms with E-state index in [-0.39, 0.29) is 17.2 Å². The molecule has 5 nitrogen and oxygen atoms in total. The Kier molecular flexibility index (Phi) is 6.35. The zero-order chi connectivity index (χ0) is 25.4. The van der Waals surface area contributed by atoms with Crippen molar-refractivity contribution >= 4 is 17.1 Å². The summed E-state index contributed by atoms with van der Waals surface area (Å²) >= 11 is 0. The maximum Gasteiger partial charge on any atom is 0.151 e. The summed E-state index contributed by atoms with van der Waals surface area (Å²) < 4.78 is 6.44. The molecule has 0 unspecified atom stereocenters. The van der Waals surface area contributed by atoms with Gasteiger partial charge in [-0.3, -0.25) is 0 Å². The second kappa shape index (κ2) is 9.26. The molecule has 0 amide bonds. The fourth-order valence-electron chi connectivity index (χ4n) is 4.18. The zero-order valence-electron chi connectivity index (χ0n) is 21.0. The fourth-order valence-corrected chi connectivity index (χ4v) is 4.18. The molecule has 4 aromatic carbocycles. The first kappa shape index (κ1) is 24.0. The first-order chi connectivity index (χ1) is 16.6. The maximum atomic E-state index is 10.3. The van der Waals surface area contributed by atoms with Gasteiger partial charge in [-0.15, -0.1) is 0 Å². The first-order valence-electron chi connectivity index (χ1n) is 11.5. The van der Waals surface area contributed by atoms with Gasteiger partial charge in [0.05, 0.1) is 5.69 Å². The number of anilines is 3. The zero-order valence-corrected chi connectivity index (χ0v) is 21.0. The number of aryl methyl sites for hydroxylation is 4. The number of phenols is 3. The van der Waals surface area contributed by atoms with Crippen molar-refractivity contribution in [3.05, 3.63) is 94.0 Å². The highest BCUT2D eigenvalue weighted by Crippen LogP contribution is 2.46. The van der Waals surface area contributed by atoms with Gasteiger partial charge in [-0.2, -0.15) is 0 Å². The molecule has 4 aromatic rings. The molecular weight excluding hydrogens is 438 g/mol. The van der Waals surface area contributed by atoms with E-state index in [4.69, 9.17) is 4.74 Å². The molecule has 35 heavy (non-hydrogen) atoms. The second-order valence-electron chi connectivity index (χ2n) is 9.09. The van der Waals surface area contributed by atoms with E-state index in [9.17, 15) is 15.3 Å². The third-order valence-electron chi connectivity index (χ3n) is 6.55. The normalized spacial score (nSPS) is 10.9. The standard InChI is InChI=1S/C30H31NO4/c1-17-15-27(33)19(3)13-24(17)31(25-14-20(4)28(34)16-18(25)2)23-9-7-8-10-30(23)35-29-12-11-26(32)21(5)22(29)6/h7-16,32-34H,1-6H3. The van der Waals surface area contributed by atoms with Crippen molar-refractivity contribution in [2.24, 2.45) is 0 Å². The number of phenolic OH excluding ortho intramolecular Hbond substituents is 3. The van der Waals surface area contributed by atoms with Crippen LogP contribution < -0.4 is 9.64 Å². The van der Waals surface area contributed by atoms with Crippen LogP contribution in [0.4, 0.5) is 17.1 Å². The van der Waals surface area contributed by atoms with E-state index in [1.165, 1.54) is 0 Å². The summed E-state index contributed by atoms with van der Waals surface area (Å²) in [5, 5.41) is 30.7. The van der Waals surface area contributed by atoms with Crippen LogP contribution in [0.3, 0.4) is 0 Å². The summed E-state index contributed by atoms with van der Waals surface area (Å²) in [7, 11) is 0. The lowest BCUT2D eigenvalue weighted by Gasteiger charge is -2.31. The third kappa shape index (κ3) is 4.50. The number of hydrogen-bond donors (Lipinski definition) is 3. The van der Waals surface area contributed by atoms with Gasteiger partial charge in [0.1, 0.15) is 23.0 Å². The van der Waals surface area contributed by atoms with E-state index in [2.05, 4.69) is 4.90 Å². The Morgan fingerprint density at radius 1 is 0.514 bits per heavy atom. The lowest BCUT2D eigenvalue weighted by Crippen LogP contribution is -2.14. The topological polar surface area (TPSA) is 73.2 Å². The van der Waals surface area contributed by atoms with E-state index in [1.54, 1.807) is 24.3 Å². The largest absolute Gasteiger partial charge is 0.508 e. The van der Waals surface area contributed by atoms with Crippen LogP contribution in [0.5, 0.6) is 28.7 Å². The van der Waals surface area contributed by atoms with E-state index >= 15 is 0 Å². The number of aromatic hydroxyl groups is 3. The average Bonchev–Trinajstić information content (AvgIpc) is 2.82. The van der Waals surface area contributed by atoms with Gasteiger partial charge in [-0.05, 0) is 123 Å². The fraction of sp³-hybridized carbons (Fsp3) is 0.200. The molecule has 0 bridgehead atoms. The highest BCUT2D eigenvalue weighted by molar-refractivity contribution is 5.84. The minimum Gasteiger partial charge on any atom is -0.508 e. The van der Waals surface area contributed by atoms with Crippen molar-refractivity contribution in [2.75, 3.05) is 4.90 Å². The van der Waals surface area contributed by atoms with E-state index in [0.29, 0.717) is 11.5 Å². The molecule has 0 saturated heterocycles. The average molecular weight is 470 g/mol. The van der Waals surface area contributed by atoms with Crippen molar-refractivity contribution in [3.8, 4) is 28.7 Å². The number of rotatable bonds is 5. The number of ether oxygens (including phenoxy) is 1. The highest BCUT2D eigenvalue weighted by Gasteiger charge is 2.23. The number of hydrogen-bond acceptors (Lipinski definition) is 5. The van der Waals surface area contributed by atoms with Crippen molar-refractivity contribution in [1.29, 1.82) is 0 Å². The molecule has 0 atom stereocenters. The van der Waals surface area contributed by atoms with Crippen LogP contribution in [0.1, 0.15) is 33.4 Å². The minimum atomic E-state index is 0.232. The number of nitrogens with zero attached hydrogens (tertiary/aromatic N) is 1. The van der Waals surface area contributed by atoms with Crippen molar-refractivity contribution in [2.45, 2.75) is 41.5 Å². The van der Waals surface area contributed by atoms with Crippen LogP contribution in [0.15, 0.2) is 60.7 Å². The Labute approximate surface area is 206 Å². The van der Waals surface area contributed by atoms with Crippen molar-refractivity contribution < 1.29 is 20.1 Å². The van der Waals surface area contributed by atoms with Gasteiger partial charge < -0.3 is 25.0 Å².